The normalized spacial score (nSPS) is 13.6. The fourth-order valence-electron chi connectivity index (χ4n) is 2.63. The average molecular weight is 300 g/mol. The van der Waals surface area contributed by atoms with Crippen LogP contribution in [0.3, 0.4) is 0 Å². The smallest absolute Gasteiger partial charge is 0.267 e. The number of fused-ring (bicyclic) bond motifs is 1. The molecule has 0 spiro atoms. The molecule has 0 aliphatic carbocycles. The van der Waals surface area contributed by atoms with Gasteiger partial charge in [0.15, 0.2) is 0 Å². The first kappa shape index (κ1) is 14.1. The minimum absolute atomic E-state index is 0.116. The fraction of sp³-hybridized carbons (Fsp3) is 0.267. The van der Waals surface area contributed by atoms with Crippen molar-refractivity contribution in [2.75, 3.05) is 11.9 Å². The van der Waals surface area contributed by atoms with E-state index in [1.807, 2.05) is 0 Å². The van der Waals surface area contributed by atoms with Crippen LogP contribution in [0, 0.1) is 0 Å². The van der Waals surface area contributed by atoms with Crippen molar-refractivity contribution in [1.82, 2.24) is 15.1 Å². The number of benzene rings is 1. The number of aromatic nitrogens is 2. The zero-order valence-corrected chi connectivity index (χ0v) is 12.1. The molecular formula is C15H16N4O3. The van der Waals surface area contributed by atoms with Crippen molar-refractivity contribution in [1.29, 1.82) is 0 Å². The third-order valence-corrected chi connectivity index (χ3v) is 3.66. The van der Waals surface area contributed by atoms with E-state index in [0.29, 0.717) is 30.8 Å². The van der Waals surface area contributed by atoms with Gasteiger partial charge in [-0.05, 0) is 24.6 Å². The van der Waals surface area contributed by atoms with Gasteiger partial charge in [0.05, 0.1) is 12.2 Å². The van der Waals surface area contributed by atoms with Gasteiger partial charge in [-0.25, -0.2) is 0 Å². The lowest BCUT2D eigenvalue weighted by Gasteiger charge is -2.26. The van der Waals surface area contributed by atoms with Crippen LogP contribution < -0.4 is 10.9 Å². The maximum atomic E-state index is 12.6. The van der Waals surface area contributed by atoms with Crippen LogP contribution in [0.2, 0.25) is 0 Å². The lowest BCUT2D eigenvalue weighted by molar-refractivity contribution is -0.114. The summed E-state index contributed by atoms with van der Waals surface area (Å²) in [4.78, 5) is 36.9. The number of H-pyrrole nitrogens is 2. The number of anilines is 1. The maximum Gasteiger partial charge on any atom is 0.267 e. The maximum absolute atomic E-state index is 12.6. The van der Waals surface area contributed by atoms with Crippen LogP contribution in [0.5, 0.6) is 0 Å². The summed E-state index contributed by atoms with van der Waals surface area (Å²) in [5.41, 5.74) is 2.45. The Hall–Kier alpha value is -2.83. The average Bonchev–Trinajstić information content (AvgIpc) is 2.87. The summed E-state index contributed by atoms with van der Waals surface area (Å²) < 4.78 is 0. The van der Waals surface area contributed by atoms with Crippen LogP contribution in [0.4, 0.5) is 5.69 Å². The molecule has 2 heterocycles. The second-order valence-corrected chi connectivity index (χ2v) is 5.27. The number of nitrogens with zero attached hydrogens (tertiary/aromatic N) is 1. The van der Waals surface area contributed by atoms with E-state index in [4.69, 9.17) is 0 Å². The zero-order chi connectivity index (χ0) is 15.7. The van der Waals surface area contributed by atoms with Gasteiger partial charge in [0.1, 0.15) is 0 Å². The summed E-state index contributed by atoms with van der Waals surface area (Å²) >= 11 is 0. The molecule has 114 valence electrons. The van der Waals surface area contributed by atoms with E-state index in [2.05, 4.69) is 15.5 Å². The monoisotopic (exact) mass is 300 g/mol. The van der Waals surface area contributed by atoms with Gasteiger partial charge in [-0.3, -0.25) is 19.5 Å². The molecule has 1 aliphatic rings. The molecule has 7 heteroatoms. The second-order valence-electron chi connectivity index (χ2n) is 5.27. The van der Waals surface area contributed by atoms with Gasteiger partial charge in [-0.15, -0.1) is 0 Å². The summed E-state index contributed by atoms with van der Waals surface area (Å²) in [6.45, 7) is 2.29. The lowest BCUT2D eigenvalue weighted by atomic mass is 10.1. The number of aromatic amines is 2. The highest BCUT2D eigenvalue weighted by atomic mass is 16.2. The Bertz CT molecular complexity index is 790. The Balaban J connectivity index is 1.80. The van der Waals surface area contributed by atoms with E-state index < -0.39 is 0 Å². The third kappa shape index (κ3) is 2.65. The molecule has 2 aromatic rings. The molecule has 1 aromatic heterocycles. The van der Waals surface area contributed by atoms with E-state index >= 15 is 0 Å². The van der Waals surface area contributed by atoms with Crippen LogP contribution in [-0.2, 0) is 17.8 Å². The van der Waals surface area contributed by atoms with Crippen molar-refractivity contribution in [3.05, 3.63) is 51.4 Å². The highest BCUT2D eigenvalue weighted by Gasteiger charge is 2.24. The quantitative estimate of drug-likeness (QED) is 0.767. The van der Waals surface area contributed by atoms with Crippen LogP contribution in [0.15, 0.2) is 29.1 Å². The van der Waals surface area contributed by atoms with Crippen LogP contribution in [0.25, 0.3) is 0 Å². The van der Waals surface area contributed by atoms with Gasteiger partial charge >= 0.3 is 0 Å². The molecule has 0 unspecified atom stereocenters. The summed E-state index contributed by atoms with van der Waals surface area (Å²) in [7, 11) is 0. The molecule has 1 aliphatic heterocycles. The van der Waals surface area contributed by atoms with Gasteiger partial charge in [0.25, 0.3) is 11.5 Å². The predicted octanol–water partition coefficient (Wildman–Crippen LogP) is 0.860. The van der Waals surface area contributed by atoms with Crippen LogP contribution >= 0.6 is 0 Å². The molecule has 2 amide bonds. The molecule has 0 saturated carbocycles. The molecular weight excluding hydrogens is 284 g/mol. The highest BCUT2D eigenvalue weighted by Crippen LogP contribution is 2.18. The van der Waals surface area contributed by atoms with Crippen molar-refractivity contribution in [3.8, 4) is 0 Å². The first-order chi connectivity index (χ1) is 10.5. The molecule has 7 nitrogen and oxygen atoms in total. The van der Waals surface area contributed by atoms with Crippen molar-refractivity contribution >= 4 is 17.5 Å². The number of rotatable bonds is 2. The van der Waals surface area contributed by atoms with Crippen LogP contribution in [-0.4, -0.2) is 33.5 Å². The molecule has 0 bridgehead atoms. The fourth-order valence-corrected chi connectivity index (χ4v) is 2.63. The van der Waals surface area contributed by atoms with Gasteiger partial charge in [-0.1, -0.05) is 6.07 Å². The Morgan fingerprint density at radius 3 is 2.86 bits per heavy atom. The van der Waals surface area contributed by atoms with E-state index in [1.54, 1.807) is 29.2 Å². The summed E-state index contributed by atoms with van der Waals surface area (Å²) in [5.74, 6) is -0.308. The molecule has 3 rings (SSSR count). The Labute approximate surface area is 126 Å². The van der Waals surface area contributed by atoms with E-state index in [9.17, 15) is 14.4 Å². The molecule has 0 fully saturated rings. The minimum atomic E-state index is -0.183. The SMILES string of the molecule is CC(=O)Nc1cccc(C(=O)N2CCc3c([nH][nH]c3=O)C2)c1. The number of carbonyl (C=O) groups excluding carboxylic acids is 2. The minimum Gasteiger partial charge on any atom is -0.332 e. The lowest BCUT2D eigenvalue weighted by Crippen LogP contribution is -2.36. The van der Waals surface area contributed by atoms with E-state index in [-0.39, 0.29) is 17.4 Å². The molecule has 0 saturated heterocycles. The number of nitrogens with one attached hydrogen (secondary N) is 3. The van der Waals surface area contributed by atoms with Gasteiger partial charge < -0.3 is 15.3 Å². The molecule has 3 N–H and O–H groups in total. The predicted molar refractivity (Wildman–Crippen MR) is 80.6 cm³/mol. The number of carbonyl (C=O) groups is 2. The topological polar surface area (TPSA) is 98.1 Å². The largest absolute Gasteiger partial charge is 0.332 e. The van der Waals surface area contributed by atoms with Crippen molar-refractivity contribution < 1.29 is 9.59 Å². The number of amides is 2. The van der Waals surface area contributed by atoms with Crippen molar-refractivity contribution in [2.24, 2.45) is 0 Å². The summed E-state index contributed by atoms with van der Waals surface area (Å²) in [6.07, 6.45) is 0.533. The molecule has 0 atom stereocenters. The highest BCUT2D eigenvalue weighted by molar-refractivity contribution is 5.96. The molecule has 22 heavy (non-hydrogen) atoms. The molecule has 1 aromatic carbocycles. The standard InChI is InChI=1S/C15H16N4O3/c1-9(20)16-11-4-2-3-10(7-11)15(22)19-6-5-12-13(8-19)17-18-14(12)21/h2-4,7H,5-6,8H2,1H3,(H,16,20)(H2,17,18,21). The first-order valence-corrected chi connectivity index (χ1v) is 7.00. The van der Waals surface area contributed by atoms with E-state index in [0.717, 1.165) is 11.3 Å². The number of hydrogen-bond donors (Lipinski definition) is 3. The Kier molecular flexibility index (Phi) is 3.54. The van der Waals surface area contributed by atoms with Gasteiger partial charge in [0, 0.05) is 30.3 Å². The Morgan fingerprint density at radius 2 is 2.09 bits per heavy atom. The van der Waals surface area contributed by atoms with Crippen LogP contribution in [0.1, 0.15) is 28.5 Å². The van der Waals surface area contributed by atoms with Crippen molar-refractivity contribution in [3.63, 3.8) is 0 Å². The third-order valence-electron chi connectivity index (χ3n) is 3.66. The second kappa shape index (κ2) is 5.51. The summed E-state index contributed by atoms with van der Waals surface area (Å²) in [5, 5.41) is 8.01. The summed E-state index contributed by atoms with van der Waals surface area (Å²) in [6, 6.07) is 6.82. The zero-order valence-electron chi connectivity index (χ0n) is 12.1. The van der Waals surface area contributed by atoms with Gasteiger partial charge in [0.2, 0.25) is 5.91 Å². The van der Waals surface area contributed by atoms with Crippen molar-refractivity contribution in [2.45, 2.75) is 19.9 Å². The van der Waals surface area contributed by atoms with E-state index in [1.165, 1.54) is 6.92 Å². The van der Waals surface area contributed by atoms with Gasteiger partial charge in [-0.2, -0.15) is 0 Å². The molecule has 0 radical (unpaired) electrons. The Morgan fingerprint density at radius 1 is 1.27 bits per heavy atom. The first-order valence-electron chi connectivity index (χ1n) is 7.00. The number of hydrogen-bond acceptors (Lipinski definition) is 3.